The molecular formula is C13H14N4. The number of rotatable bonds is 1. The number of anilines is 1. The largest absolute Gasteiger partial charge is 0.382 e. The Morgan fingerprint density at radius 3 is 2.71 bits per heavy atom. The second-order valence-electron chi connectivity index (χ2n) is 4.34. The average molecular weight is 226 g/mol. The highest BCUT2D eigenvalue weighted by Gasteiger charge is 2.07. The molecule has 0 saturated heterocycles. The molecule has 4 nitrogen and oxygen atoms in total. The number of aryl methyl sites for hydroxylation is 2. The molecule has 0 saturated carbocycles. The van der Waals surface area contributed by atoms with E-state index in [1.807, 2.05) is 6.07 Å². The highest BCUT2D eigenvalue weighted by Crippen LogP contribution is 2.27. The van der Waals surface area contributed by atoms with E-state index in [2.05, 4.69) is 47.2 Å². The van der Waals surface area contributed by atoms with Gasteiger partial charge < -0.3 is 10.7 Å². The van der Waals surface area contributed by atoms with E-state index in [4.69, 9.17) is 5.73 Å². The van der Waals surface area contributed by atoms with E-state index in [-0.39, 0.29) is 0 Å². The Hall–Kier alpha value is -2.23. The van der Waals surface area contributed by atoms with Crippen molar-refractivity contribution in [3.8, 4) is 11.3 Å². The first kappa shape index (κ1) is 9.96. The van der Waals surface area contributed by atoms with Crippen molar-refractivity contribution < 1.29 is 0 Å². The zero-order valence-electron chi connectivity index (χ0n) is 9.83. The third-order valence-corrected chi connectivity index (χ3v) is 3.22. The summed E-state index contributed by atoms with van der Waals surface area (Å²) in [5.74, 6) is 0.516. The lowest BCUT2D eigenvalue weighted by Crippen LogP contribution is -1.81. The Morgan fingerprint density at radius 1 is 1.18 bits per heavy atom. The lowest BCUT2D eigenvalue weighted by molar-refractivity contribution is 1.10. The molecule has 4 N–H and O–H groups in total. The van der Waals surface area contributed by atoms with Crippen molar-refractivity contribution in [3.05, 3.63) is 35.5 Å². The van der Waals surface area contributed by atoms with Gasteiger partial charge in [0.1, 0.15) is 5.82 Å². The Balaban J connectivity index is 2.22. The van der Waals surface area contributed by atoms with Gasteiger partial charge in [0.2, 0.25) is 0 Å². The normalized spacial score (nSPS) is 11.2. The molecule has 0 atom stereocenters. The fourth-order valence-corrected chi connectivity index (χ4v) is 2.11. The smallest absolute Gasteiger partial charge is 0.145 e. The molecule has 86 valence electrons. The van der Waals surface area contributed by atoms with Gasteiger partial charge in [0.25, 0.3) is 0 Å². The van der Waals surface area contributed by atoms with Gasteiger partial charge in [0.15, 0.2) is 0 Å². The van der Waals surface area contributed by atoms with Crippen molar-refractivity contribution in [1.82, 2.24) is 15.2 Å². The molecule has 3 aromatic rings. The molecule has 0 aliphatic carbocycles. The third kappa shape index (κ3) is 1.49. The zero-order chi connectivity index (χ0) is 12.0. The Bertz CT molecular complexity index is 691. The summed E-state index contributed by atoms with van der Waals surface area (Å²) in [7, 11) is 0. The van der Waals surface area contributed by atoms with E-state index in [0.717, 1.165) is 16.8 Å². The standard InChI is InChI=1S/C13H14N4/c1-7-8(2)15-11-4-3-9(5-10(7)11)12-6-13(14)17-16-12/h3-6,15H,1-2H3,(H3,14,16,17). The molecule has 0 amide bonds. The van der Waals surface area contributed by atoms with Gasteiger partial charge in [-0.05, 0) is 31.5 Å². The number of aromatic amines is 2. The summed E-state index contributed by atoms with van der Waals surface area (Å²) in [6.07, 6.45) is 0. The molecule has 3 rings (SSSR count). The summed E-state index contributed by atoms with van der Waals surface area (Å²) in [5, 5.41) is 8.12. The summed E-state index contributed by atoms with van der Waals surface area (Å²) in [4.78, 5) is 3.36. The van der Waals surface area contributed by atoms with Crippen LogP contribution < -0.4 is 5.73 Å². The van der Waals surface area contributed by atoms with Crippen LogP contribution >= 0.6 is 0 Å². The minimum Gasteiger partial charge on any atom is -0.382 e. The van der Waals surface area contributed by atoms with E-state index in [1.165, 1.54) is 16.6 Å². The van der Waals surface area contributed by atoms with Crippen molar-refractivity contribution in [3.63, 3.8) is 0 Å². The van der Waals surface area contributed by atoms with Gasteiger partial charge >= 0.3 is 0 Å². The summed E-state index contributed by atoms with van der Waals surface area (Å²) < 4.78 is 0. The second-order valence-corrected chi connectivity index (χ2v) is 4.34. The van der Waals surface area contributed by atoms with Crippen LogP contribution in [0, 0.1) is 13.8 Å². The first-order valence-corrected chi connectivity index (χ1v) is 5.55. The lowest BCUT2D eigenvalue weighted by atomic mass is 10.1. The van der Waals surface area contributed by atoms with Crippen LogP contribution in [0.5, 0.6) is 0 Å². The quantitative estimate of drug-likeness (QED) is 0.597. The number of hydrogen-bond acceptors (Lipinski definition) is 2. The van der Waals surface area contributed by atoms with Crippen molar-refractivity contribution >= 4 is 16.7 Å². The lowest BCUT2D eigenvalue weighted by Gasteiger charge is -1.98. The maximum absolute atomic E-state index is 5.61. The maximum atomic E-state index is 5.61. The predicted octanol–water partition coefficient (Wildman–Crippen LogP) is 2.76. The zero-order valence-corrected chi connectivity index (χ0v) is 9.83. The van der Waals surface area contributed by atoms with E-state index >= 15 is 0 Å². The predicted molar refractivity (Wildman–Crippen MR) is 69.8 cm³/mol. The number of nitrogens with zero attached hydrogens (tertiary/aromatic N) is 1. The Kier molecular flexibility index (Phi) is 1.98. The summed E-state index contributed by atoms with van der Waals surface area (Å²) in [6.45, 7) is 4.21. The van der Waals surface area contributed by atoms with Crippen LogP contribution in [0.25, 0.3) is 22.2 Å². The van der Waals surface area contributed by atoms with Gasteiger partial charge in [-0.25, -0.2) is 0 Å². The van der Waals surface area contributed by atoms with Crippen molar-refractivity contribution in [2.75, 3.05) is 5.73 Å². The van der Waals surface area contributed by atoms with Gasteiger partial charge in [-0.2, -0.15) is 5.10 Å². The number of hydrogen-bond donors (Lipinski definition) is 3. The number of H-pyrrole nitrogens is 2. The van der Waals surface area contributed by atoms with Crippen LogP contribution in [0.4, 0.5) is 5.82 Å². The van der Waals surface area contributed by atoms with Crippen LogP contribution in [-0.4, -0.2) is 15.2 Å². The van der Waals surface area contributed by atoms with E-state index < -0.39 is 0 Å². The van der Waals surface area contributed by atoms with Gasteiger partial charge in [0.05, 0.1) is 5.69 Å². The number of aromatic nitrogens is 3. The van der Waals surface area contributed by atoms with Crippen LogP contribution in [0.1, 0.15) is 11.3 Å². The number of fused-ring (bicyclic) bond motifs is 1. The number of nitrogens with two attached hydrogens (primary N) is 1. The van der Waals surface area contributed by atoms with Gasteiger partial charge in [-0.15, -0.1) is 0 Å². The Morgan fingerprint density at radius 2 is 2.00 bits per heavy atom. The van der Waals surface area contributed by atoms with Crippen molar-refractivity contribution in [1.29, 1.82) is 0 Å². The molecule has 2 aromatic heterocycles. The fourth-order valence-electron chi connectivity index (χ4n) is 2.11. The highest BCUT2D eigenvalue weighted by molar-refractivity contribution is 5.88. The van der Waals surface area contributed by atoms with Gasteiger partial charge in [-0.1, -0.05) is 6.07 Å². The molecule has 0 radical (unpaired) electrons. The number of nitrogen functional groups attached to an aromatic ring is 1. The Labute approximate surface area is 98.8 Å². The minimum atomic E-state index is 0.516. The minimum absolute atomic E-state index is 0.516. The molecule has 1 aromatic carbocycles. The molecule has 0 bridgehead atoms. The van der Waals surface area contributed by atoms with Crippen molar-refractivity contribution in [2.45, 2.75) is 13.8 Å². The summed E-state index contributed by atoms with van der Waals surface area (Å²) >= 11 is 0. The first-order chi connectivity index (χ1) is 8.15. The van der Waals surface area contributed by atoms with E-state index in [0.29, 0.717) is 5.82 Å². The molecule has 4 heteroatoms. The maximum Gasteiger partial charge on any atom is 0.145 e. The molecule has 0 aliphatic heterocycles. The van der Waals surface area contributed by atoms with Gasteiger partial charge in [0, 0.05) is 28.2 Å². The van der Waals surface area contributed by atoms with Crippen LogP contribution in [-0.2, 0) is 0 Å². The molecule has 0 unspecified atom stereocenters. The monoisotopic (exact) mass is 226 g/mol. The highest BCUT2D eigenvalue weighted by atomic mass is 15.2. The van der Waals surface area contributed by atoms with Crippen molar-refractivity contribution in [2.24, 2.45) is 0 Å². The fraction of sp³-hybridized carbons (Fsp3) is 0.154. The number of benzene rings is 1. The molecule has 0 spiro atoms. The molecular weight excluding hydrogens is 212 g/mol. The molecule has 0 fully saturated rings. The van der Waals surface area contributed by atoms with E-state index in [9.17, 15) is 0 Å². The topological polar surface area (TPSA) is 70.5 Å². The SMILES string of the molecule is Cc1[nH]c2ccc(-c3cc(N)n[nH]3)cc2c1C. The molecule has 0 aliphatic rings. The van der Waals surface area contributed by atoms with Crippen LogP contribution in [0.3, 0.4) is 0 Å². The van der Waals surface area contributed by atoms with Crippen LogP contribution in [0.2, 0.25) is 0 Å². The van der Waals surface area contributed by atoms with Crippen LogP contribution in [0.15, 0.2) is 24.3 Å². The molecule has 2 heterocycles. The third-order valence-electron chi connectivity index (χ3n) is 3.22. The average Bonchev–Trinajstić information content (AvgIpc) is 2.85. The van der Waals surface area contributed by atoms with E-state index in [1.54, 1.807) is 0 Å². The van der Waals surface area contributed by atoms with Gasteiger partial charge in [-0.3, -0.25) is 5.10 Å². The number of nitrogens with one attached hydrogen (secondary N) is 2. The second kappa shape index (κ2) is 3.38. The summed E-state index contributed by atoms with van der Waals surface area (Å²) in [5.41, 5.74) is 11.3. The summed E-state index contributed by atoms with van der Waals surface area (Å²) in [6, 6.07) is 8.14. The molecule has 17 heavy (non-hydrogen) atoms. The first-order valence-electron chi connectivity index (χ1n) is 5.55.